The van der Waals surface area contributed by atoms with Gasteiger partial charge in [0.1, 0.15) is 0 Å². The van der Waals surface area contributed by atoms with Crippen molar-refractivity contribution >= 4 is 34.9 Å². The first-order chi connectivity index (χ1) is 7.85. The van der Waals surface area contributed by atoms with E-state index < -0.39 is 5.60 Å². The first-order valence-electron chi connectivity index (χ1n) is 5.10. The van der Waals surface area contributed by atoms with Crippen LogP contribution in [-0.2, 0) is 0 Å². The number of nitrogens with one attached hydrogen (secondary N) is 1. The van der Waals surface area contributed by atoms with E-state index in [1.807, 2.05) is 0 Å². The Bertz CT molecular complexity index is 435. The van der Waals surface area contributed by atoms with Crippen LogP contribution in [-0.4, -0.2) is 34.7 Å². The molecular weight excluding hydrogens is 263 g/mol. The van der Waals surface area contributed by atoms with Crippen molar-refractivity contribution in [1.82, 2.24) is 4.90 Å². The summed E-state index contributed by atoms with van der Waals surface area (Å²) in [6, 6.07) is 4.55. The molecule has 0 unspecified atom stereocenters. The van der Waals surface area contributed by atoms with E-state index >= 15 is 0 Å². The lowest BCUT2D eigenvalue weighted by atomic mass is 9.98. The summed E-state index contributed by atoms with van der Waals surface area (Å²) in [7, 11) is 0. The van der Waals surface area contributed by atoms with E-state index in [4.69, 9.17) is 23.2 Å². The number of urea groups is 1. The van der Waals surface area contributed by atoms with Crippen molar-refractivity contribution in [3.63, 3.8) is 0 Å². The highest BCUT2D eigenvalue weighted by Gasteiger charge is 2.39. The highest BCUT2D eigenvalue weighted by molar-refractivity contribution is 6.35. The highest BCUT2D eigenvalue weighted by atomic mass is 35.5. The number of hydrogen-bond acceptors (Lipinski definition) is 2. The van der Waals surface area contributed by atoms with Gasteiger partial charge in [-0.25, -0.2) is 4.79 Å². The van der Waals surface area contributed by atoms with Gasteiger partial charge in [-0.1, -0.05) is 23.2 Å². The molecule has 0 aliphatic carbocycles. The SMILES string of the molecule is CC1(O)CN(C(=O)Nc2cc(Cl)cc(Cl)c2)C1. The Kier molecular flexibility index (Phi) is 3.21. The number of likely N-dealkylation sites (tertiary alicyclic amines) is 1. The van der Waals surface area contributed by atoms with Crippen molar-refractivity contribution in [3.05, 3.63) is 28.2 Å². The lowest BCUT2D eigenvalue weighted by Gasteiger charge is -2.43. The maximum Gasteiger partial charge on any atom is 0.322 e. The first kappa shape index (κ1) is 12.5. The van der Waals surface area contributed by atoms with Crippen LogP contribution in [0.15, 0.2) is 18.2 Å². The molecule has 1 saturated heterocycles. The van der Waals surface area contributed by atoms with Gasteiger partial charge in [-0.05, 0) is 25.1 Å². The Balaban J connectivity index is 1.99. The third-order valence-corrected chi connectivity index (χ3v) is 2.90. The van der Waals surface area contributed by atoms with Gasteiger partial charge < -0.3 is 15.3 Å². The number of anilines is 1. The molecule has 17 heavy (non-hydrogen) atoms. The van der Waals surface area contributed by atoms with Crippen LogP contribution in [0.2, 0.25) is 10.0 Å². The number of amides is 2. The maximum atomic E-state index is 11.7. The van der Waals surface area contributed by atoms with Gasteiger partial charge in [-0.3, -0.25) is 0 Å². The summed E-state index contributed by atoms with van der Waals surface area (Å²) in [6.45, 7) is 2.34. The highest BCUT2D eigenvalue weighted by Crippen LogP contribution is 2.24. The van der Waals surface area contributed by atoms with Crippen LogP contribution in [0.4, 0.5) is 10.5 Å². The lowest BCUT2D eigenvalue weighted by molar-refractivity contribution is -0.0581. The minimum Gasteiger partial charge on any atom is -0.386 e. The molecule has 2 rings (SSSR count). The number of benzene rings is 1. The summed E-state index contributed by atoms with van der Waals surface area (Å²) in [5, 5.41) is 13.1. The van der Waals surface area contributed by atoms with Gasteiger partial charge in [0, 0.05) is 15.7 Å². The van der Waals surface area contributed by atoms with Crippen LogP contribution in [0.5, 0.6) is 0 Å². The molecule has 0 spiro atoms. The second-order valence-corrected chi connectivity index (χ2v) is 5.31. The van der Waals surface area contributed by atoms with Gasteiger partial charge in [0.05, 0.1) is 18.7 Å². The van der Waals surface area contributed by atoms with E-state index in [9.17, 15) is 9.90 Å². The molecule has 0 bridgehead atoms. The molecular formula is C11H12Cl2N2O2. The normalized spacial score (nSPS) is 17.5. The Morgan fingerprint density at radius 3 is 2.35 bits per heavy atom. The van der Waals surface area contributed by atoms with E-state index in [0.29, 0.717) is 28.8 Å². The Labute approximate surface area is 109 Å². The molecule has 1 heterocycles. The van der Waals surface area contributed by atoms with Crippen LogP contribution in [0.1, 0.15) is 6.92 Å². The molecule has 6 heteroatoms. The fourth-order valence-electron chi connectivity index (χ4n) is 1.75. The molecule has 1 aromatic rings. The summed E-state index contributed by atoms with van der Waals surface area (Å²) in [6.07, 6.45) is 0. The van der Waals surface area contributed by atoms with E-state index in [-0.39, 0.29) is 6.03 Å². The van der Waals surface area contributed by atoms with Crippen molar-refractivity contribution in [2.75, 3.05) is 18.4 Å². The lowest BCUT2D eigenvalue weighted by Crippen LogP contribution is -2.62. The number of aliphatic hydroxyl groups is 1. The minimum absolute atomic E-state index is 0.269. The summed E-state index contributed by atoms with van der Waals surface area (Å²) in [5.74, 6) is 0. The molecule has 2 N–H and O–H groups in total. The summed E-state index contributed by atoms with van der Waals surface area (Å²) in [4.78, 5) is 13.2. The van der Waals surface area contributed by atoms with E-state index in [2.05, 4.69) is 5.32 Å². The van der Waals surface area contributed by atoms with Gasteiger partial charge >= 0.3 is 6.03 Å². The Morgan fingerprint density at radius 1 is 1.35 bits per heavy atom. The summed E-state index contributed by atoms with van der Waals surface area (Å²) < 4.78 is 0. The largest absolute Gasteiger partial charge is 0.386 e. The van der Waals surface area contributed by atoms with Gasteiger partial charge in [0.15, 0.2) is 0 Å². The van der Waals surface area contributed by atoms with Gasteiger partial charge in [-0.2, -0.15) is 0 Å². The molecule has 1 aliphatic heterocycles. The predicted molar refractivity (Wildman–Crippen MR) is 67.7 cm³/mol. The fourth-order valence-corrected chi connectivity index (χ4v) is 2.27. The average Bonchev–Trinajstić information content (AvgIpc) is 2.11. The van der Waals surface area contributed by atoms with Crippen molar-refractivity contribution in [1.29, 1.82) is 0 Å². The Morgan fingerprint density at radius 2 is 1.88 bits per heavy atom. The zero-order valence-corrected chi connectivity index (χ0v) is 10.7. The molecule has 1 aromatic carbocycles. The molecule has 0 radical (unpaired) electrons. The number of rotatable bonds is 1. The van der Waals surface area contributed by atoms with Gasteiger partial charge in [0.2, 0.25) is 0 Å². The zero-order chi connectivity index (χ0) is 12.6. The van der Waals surface area contributed by atoms with Crippen LogP contribution >= 0.6 is 23.2 Å². The second-order valence-electron chi connectivity index (χ2n) is 4.44. The van der Waals surface area contributed by atoms with Crippen LogP contribution in [0.25, 0.3) is 0 Å². The fraction of sp³-hybridized carbons (Fsp3) is 0.364. The molecule has 92 valence electrons. The molecule has 2 amide bonds. The van der Waals surface area contributed by atoms with Crippen LogP contribution in [0.3, 0.4) is 0 Å². The smallest absolute Gasteiger partial charge is 0.322 e. The van der Waals surface area contributed by atoms with Gasteiger partial charge in [0.25, 0.3) is 0 Å². The number of carbonyl (C=O) groups is 1. The minimum atomic E-state index is -0.774. The van der Waals surface area contributed by atoms with Gasteiger partial charge in [-0.15, -0.1) is 0 Å². The van der Waals surface area contributed by atoms with Crippen molar-refractivity contribution < 1.29 is 9.90 Å². The number of nitrogens with zero attached hydrogens (tertiary/aromatic N) is 1. The second kappa shape index (κ2) is 4.37. The predicted octanol–water partition coefficient (Wildman–Crippen LogP) is 2.59. The molecule has 0 saturated carbocycles. The summed E-state index contributed by atoms with van der Waals surface area (Å²) in [5.41, 5.74) is -0.234. The topological polar surface area (TPSA) is 52.6 Å². The molecule has 0 aromatic heterocycles. The number of hydrogen-bond donors (Lipinski definition) is 2. The number of β-amino-alcohol motifs (C(OH)–C–C–N with tert-alkyl or cyclic N) is 1. The standard InChI is InChI=1S/C11H12Cl2N2O2/c1-11(17)5-15(6-11)10(16)14-9-3-7(12)2-8(13)4-9/h2-4,17H,5-6H2,1H3,(H,14,16). The molecule has 1 aliphatic rings. The monoisotopic (exact) mass is 274 g/mol. The average molecular weight is 275 g/mol. The molecule has 1 fully saturated rings. The number of halogens is 2. The molecule has 0 atom stereocenters. The maximum absolute atomic E-state index is 11.7. The van der Waals surface area contributed by atoms with Crippen LogP contribution in [0, 0.1) is 0 Å². The van der Waals surface area contributed by atoms with Crippen molar-refractivity contribution in [3.8, 4) is 0 Å². The van der Waals surface area contributed by atoms with E-state index in [1.54, 1.807) is 25.1 Å². The number of carbonyl (C=O) groups excluding carboxylic acids is 1. The summed E-state index contributed by atoms with van der Waals surface area (Å²) >= 11 is 11.6. The van der Waals surface area contributed by atoms with Crippen molar-refractivity contribution in [2.24, 2.45) is 0 Å². The zero-order valence-electron chi connectivity index (χ0n) is 9.20. The van der Waals surface area contributed by atoms with E-state index in [1.165, 1.54) is 4.90 Å². The Hall–Kier alpha value is -0.970. The van der Waals surface area contributed by atoms with Crippen LogP contribution < -0.4 is 5.32 Å². The third-order valence-electron chi connectivity index (χ3n) is 2.46. The molecule has 4 nitrogen and oxygen atoms in total. The quantitative estimate of drug-likeness (QED) is 0.827. The third kappa shape index (κ3) is 3.03. The van der Waals surface area contributed by atoms with E-state index in [0.717, 1.165) is 0 Å². The van der Waals surface area contributed by atoms with Crippen molar-refractivity contribution in [2.45, 2.75) is 12.5 Å². The first-order valence-corrected chi connectivity index (χ1v) is 5.86.